The Morgan fingerprint density at radius 2 is 1.93 bits per heavy atom. The summed E-state index contributed by atoms with van der Waals surface area (Å²) in [6.45, 7) is 2.39. The summed E-state index contributed by atoms with van der Waals surface area (Å²) in [6, 6.07) is 16.5. The number of nitrogens with zero attached hydrogens (tertiary/aromatic N) is 2. The van der Waals surface area contributed by atoms with E-state index < -0.39 is 18.4 Å². The lowest BCUT2D eigenvalue weighted by molar-refractivity contribution is -0.145. The Hall–Kier alpha value is -4.25. The predicted molar refractivity (Wildman–Crippen MR) is 166 cm³/mol. The lowest BCUT2D eigenvalue weighted by atomic mass is 9.96. The third kappa shape index (κ3) is 6.06. The van der Waals surface area contributed by atoms with Gasteiger partial charge in [-0.05, 0) is 66.3 Å². The molecule has 1 saturated heterocycles. The Bertz CT molecular complexity index is 1820. The highest BCUT2D eigenvalue weighted by Crippen LogP contribution is 2.49. The number of benzene rings is 3. The van der Waals surface area contributed by atoms with Gasteiger partial charge in [-0.1, -0.05) is 48.0 Å². The molecule has 0 amide bonds. The summed E-state index contributed by atoms with van der Waals surface area (Å²) in [4.78, 5) is 22.7. The van der Waals surface area contributed by atoms with Gasteiger partial charge in [-0.25, -0.2) is 19.2 Å². The molecule has 1 fully saturated rings. The summed E-state index contributed by atoms with van der Waals surface area (Å²) >= 11 is 7.78. The second-order valence-electron chi connectivity index (χ2n) is 10.4. The number of aromatic hydroxyl groups is 1. The van der Waals surface area contributed by atoms with E-state index in [-0.39, 0.29) is 28.9 Å². The number of aliphatic carboxylic acids is 1. The first-order valence-electron chi connectivity index (χ1n) is 14.1. The van der Waals surface area contributed by atoms with E-state index in [0.29, 0.717) is 50.4 Å². The molecule has 8 nitrogen and oxygen atoms in total. The van der Waals surface area contributed by atoms with Crippen molar-refractivity contribution in [2.75, 3.05) is 6.61 Å². The van der Waals surface area contributed by atoms with Gasteiger partial charge in [0.2, 0.25) is 12.0 Å². The number of phenols is 1. The van der Waals surface area contributed by atoms with Crippen molar-refractivity contribution in [2.45, 2.75) is 45.0 Å². The molecule has 2 aromatic heterocycles. The molecule has 5 aromatic rings. The van der Waals surface area contributed by atoms with Gasteiger partial charge in [0.15, 0.2) is 6.29 Å². The molecular formula is C33H28ClFN2O6S. The van der Waals surface area contributed by atoms with Gasteiger partial charge in [-0.15, -0.1) is 11.3 Å². The first kappa shape index (κ1) is 29.8. The second kappa shape index (κ2) is 12.8. The highest BCUT2D eigenvalue weighted by atomic mass is 35.5. The monoisotopic (exact) mass is 634 g/mol. The molecule has 0 radical (unpaired) electrons. The fourth-order valence-corrected chi connectivity index (χ4v) is 6.56. The molecule has 6 rings (SSSR count). The van der Waals surface area contributed by atoms with Crippen LogP contribution in [0.25, 0.3) is 31.8 Å². The van der Waals surface area contributed by atoms with E-state index in [1.807, 2.05) is 12.1 Å². The fourth-order valence-electron chi connectivity index (χ4n) is 5.25. The smallest absolute Gasteiger partial charge is 0.345 e. The molecule has 0 spiro atoms. The lowest BCUT2D eigenvalue weighted by Gasteiger charge is -2.25. The number of rotatable bonds is 9. The van der Waals surface area contributed by atoms with Crippen molar-refractivity contribution in [1.82, 2.24) is 9.97 Å². The van der Waals surface area contributed by atoms with Crippen molar-refractivity contribution < 1.29 is 33.6 Å². The van der Waals surface area contributed by atoms with Gasteiger partial charge in [0.25, 0.3) is 0 Å². The molecule has 11 heteroatoms. The topological polar surface area (TPSA) is 111 Å². The Morgan fingerprint density at radius 3 is 2.68 bits per heavy atom. The van der Waals surface area contributed by atoms with E-state index in [2.05, 4.69) is 9.97 Å². The van der Waals surface area contributed by atoms with Crippen molar-refractivity contribution in [3.05, 3.63) is 89.0 Å². The van der Waals surface area contributed by atoms with E-state index >= 15 is 0 Å². The summed E-state index contributed by atoms with van der Waals surface area (Å²) in [5.41, 5.74) is 3.25. The molecule has 1 unspecified atom stereocenters. The summed E-state index contributed by atoms with van der Waals surface area (Å²) < 4.78 is 31.9. The number of carboxylic acid groups (broad SMARTS) is 1. The van der Waals surface area contributed by atoms with Gasteiger partial charge >= 0.3 is 5.97 Å². The maximum absolute atomic E-state index is 13.9. The van der Waals surface area contributed by atoms with E-state index in [9.17, 15) is 19.4 Å². The lowest BCUT2D eigenvalue weighted by Crippen LogP contribution is -2.30. The minimum absolute atomic E-state index is 0.00191. The number of thiophene rings is 1. The highest BCUT2D eigenvalue weighted by Gasteiger charge is 2.28. The molecule has 0 aliphatic carbocycles. The number of carbonyl (C=O) groups is 1. The number of para-hydroxylation sites is 1. The van der Waals surface area contributed by atoms with Gasteiger partial charge in [0, 0.05) is 23.3 Å². The van der Waals surface area contributed by atoms with Crippen molar-refractivity contribution in [3.8, 4) is 38.9 Å². The highest BCUT2D eigenvalue weighted by molar-refractivity contribution is 7.22. The summed E-state index contributed by atoms with van der Waals surface area (Å²) in [6.07, 6.45) is 2.33. The van der Waals surface area contributed by atoms with Gasteiger partial charge in [0.05, 0.1) is 17.0 Å². The van der Waals surface area contributed by atoms with Crippen molar-refractivity contribution in [2.24, 2.45) is 0 Å². The molecule has 2 N–H and O–H groups in total. The third-order valence-electron chi connectivity index (χ3n) is 7.50. The summed E-state index contributed by atoms with van der Waals surface area (Å²) in [5, 5.41) is 21.2. The van der Waals surface area contributed by atoms with Crippen LogP contribution in [-0.2, 0) is 16.0 Å². The Morgan fingerprint density at radius 1 is 1.14 bits per heavy atom. The molecule has 1 aliphatic heterocycles. The number of hydrogen-bond donors (Lipinski definition) is 2. The average molecular weight is 635 g/mol. The predicted octanol–water partition coefficient (Wildman–Crippen LogP) is 7.81. The van der Waals surface area contributed by atoms with Crippen LogP contribution in [0.15, 0.2) is 67.0 Å². The number of aromatic nitrogens is 2. The quantitative estimate of drug-likeness (QED) is 0.169. The van der Waals surface area contributed by atoms with Gasteiger partial charge in [-0.2, -0.15) is 0 Å². The van der Waals surface area contributed by atoms with Gasteiger partial charge in [-0.3, -0.25) is 0 Å². The zero-order valence-electron chi connectivity index (χ0n) is 23.6. The van der Waals surface area contributed by atoms with E-state index in [0.717, 1.165) is 24.1 Å². The van der Waals surface area contributed by atoms with Gasteiger partial charge < -0.3 is 24.4 Å². The Balaban J connectivity index is 1.43. The third-order valence-corrected chi connectivity index (χ3v) is 9.12. The molecule has 1 aliphatic rings. The van der Waals surface area contributed by atoms with E-state index in [4.69, 9.17) is 25.8 Å². The van der Waals surface area contributed by atoms with Crippen LogP contribution in [0.5, 0.6) is 17.4 Å². The van der Waals surface area contributed by atoms with Crippen LogP contribution in [0.4, 0.5) is 4.39 Å². The standard InChI is InChI=1S/C33H28ClFN2O6S/c1-18-22(13-14-23(38)29(18)34)27-28-31(36-17-37-32(28)44-30(27)19-9-11-21(35)12-10-19)43-25(33(39)40)16-20-6-2-3-7-24(20)42-26-8-4-5-15-41-26/h2-3,6-7,9-14,17,25-26,38H,4-5,8,15-16H2,1H3,(H,39,40)/t25-,26?/m0/s1. The Labute approximate surface area is 261 Å². The number of fused-ring (bicyclic) bond motifs is 1. The molecular weight excluding hydrogens is 607 g/mol. The number of phenolic OH excluding ortho intramolecular Hbond substituents is 1. The fraction of sp³-hybridized carbons (Fsp3) is 0.242. The largest absolute Gasteiger partial charge is 0.506 e. The number of carboxylic acids is 1. The van der Waals surface area contributed by atoms with Crippen molar-refractivity contribution in [1.29, 1.82) is 0 Å². The molecule has 0 saturated carbocycles. The van der Waals surface area contributed by atoms with Crippen molar-refractivity contribution in [3.63, 3.8) is 0 Å². The minimum Gasteiger partial charge on any atom is -0.506 e. The SMILES string of the molecule is Cc1c(-c2c(-c3ccc(F)cc3)sc3ncnc(O[C@@H](Cc4ccccc4OC4CCCCO4)C(=O)O)c23)ccc(O)c1Cl. The molecule has 3 aromatic carbocycles. The van der Waals surface area contributed by atoms with Crippen LogP contribution >= 0.6 is 22.9 Å². The van der Waals surface area contributed by atoms with Crippen LogP contribution in [0.1, 0.15) is 30.4 Å². The maximum Gasteiger partial charge on any atom is 0.345 e. The van der Waals surface area contributed by atoms with Crippen molar-refractivity contribution >= 4 is 39.1 Å². The first-order chi connectivity index (χ1) is 21.3. The van der Waals surface area contributed by atoms with Crippen LogP contribution in [-0.4, -0.2) is 45.2 Å². The van der Waals surface area contributed by atoms with E-state index in [1.165, 1.54) is 35.9 Å². The summed E-state index contributed by atoms with van der Waals surface area (Å²) in [5.74, 6) is -1.03. The molecule has 3 heterocycles. The molecule has 2 atom stereocenters. The van der Waals surface area contributed by atoms with Crippen LogP contribution in [0.3, 0.4) is 0 Å². The number of halogens is 2. The second-order valence-corrected chi connectivity index (χ2v) is 11.8. The summed E-state index contributed by atoms with van der Waals surface area (Å²) in [7, 11) is 0. The van der Waals surface area contributed by atoms with Gasteiger partial charge in [0.1, 0.15) is 28.5 Å². The van der Waals surface area contributed by atoms with Crippen LogP contribution < -0.4 is 9.47 Å². The normalized spacial score (nSPS) is 15.7. The van der Waals surface area contributed by atoms with E-state index in [1.54, 1.807) is 37.3 Å². The molecule has 44 heavy (non-hydrogen) atoms. The minimum atomic E-state index is -1.32. The molecule has 0 bridgehead atoms. The number of ether oxygens (including phenoxy) is 3. The maximum atomic E-state index is 13.9. The zero-order valence-corrected chi connectivity index (χ0v) is 25.2. The zero-order chi connectivity index (χ0) is 30.8. The Kier molecular flexibility index (Phi) is 8.65. The van der Waals surface area contributed by atoms with Crippen LogP contribution in [0, 0.1) is 12.7 Å². The molecule has 226 valence electrons. The number of hydrogen-bond acceptors (Lipinski definition) is 8. The first-order valence-corrected chi connectivity index (χ1v) is 15.3. The van der Waals surface area contributed by atoms with Crippen LogP contribution in [0.2, 0.25) is 5.02 Å². The average Bonchev–Trinajstić information content (AvgIpc) is 3.41.